The number of nitrogens with zero attached hydrogens (tertiary/aromatic N) is 1. The van der Waals surface area contributed by atoms with E-state index in [0.717, 1.165) is 31.6 Å². The summed E-state index contributed by atoms with van der Waals surface area (Å²) >= 11 is 1.72. The van der Waals surface area contributed by atoms with E-state index in [2.05, 4.69) is 23.7 Å². The second-order valence-corrected chi connectivity index (χ2v) is 6.21. The molecule has 1 aliphatic heterocycles. The van der Waals surface area contributed by atoms with Crippen molar-refractivity contribution in [3.05, 3.63) is 24.3 Å². The molecule has 0 aliphatic carbocycles. The summed E-state index contributed by atoms with van der Waals surface area (Å²) in [7, 11) is 0. The van der Waals surface area contributed by atoms with Crippen LogP contribution in [-0.4, -0.2) is 36.2 Å². The third-order valence-corrected chi connectivity index (χ3v) is 4.50. The zero-order valence-electron chi connectivity index (χ0n) is 12.4. The maximum absolute atomic E-state index is 12.4. The van der Waals surface area contributed by atoms with Crippen LogP contribution in [0.4, 0.5) is 5.69 Å². The molecule has 1 saturated heterocycles. The van der Waals surface area contributed by atoms with E-state index in [1.54, 1.807) is 11.8 Å². The van der Waals surface area contributed by atoms with Crippen LogP contribution in [0, 0.1) is 0 Å². The smallest absolute Gasteiger partial charge is 0.244 e. The van der Waals surface area contributed by atoms with E-state index >= 15 is 0 Å². The van der Waals surface area contributed by atoms with Crippen LogP contribution in [0.25, 0.3) is 0 Å². The number of rotatable bonds is 4. The Kier molecular flexibility index (Phi) is 5.77. The molecule has 0 aromatic heterocycles. The van der Waals surface area contributed by atoms with E-state index in [4.69, 9.17) is 0 Å². The zero-order chi connectivity index (χ0) is 14.4. The highest BCUT2D eigenvalue weighted by Crippen LogP contribution is 2.18. The molecule has 4 heteroatoms. The van der Waals surface area contributed by atoms with Crippen LogP contribution < -0.4 is 5.32 Å². The van der Waals surface area contributed by atoms with Crippen LogP contribution in [0.2, 0.25) is 0 Å². The van der Waals surface area contributed by atoms with E-state index < -0.39 is 0 Å². The third kappa shape index (κ3) is 4.17. The number of hydrogen-bond donors (Lipinski definition) is 1. The number of amides is 1. The molecule has 0 saturated carbocycles. The number of carbonyl (C=O) groups excluding carboxylic acids is 1. The van der Waals surface area contributed by atoms with Gasteiger partial charge < -0.3 is 10.2 Å². The van der Waals surface area contributed by atoms with Crippen LogP contribution in [0.5, 0.6) is 0 Å². The van der Waals surface area contributed by atoms with Gasteiger partial charge in [-0.2, -0.15) is 0 Å². The first-order chi connectivity index (χ1) is 9.70. The average Bonchev–Trinajstić information content (AvgIpc) is 2.76. The van der Waals surface area contributed by atoms with Crippen molar-refractivity contribution < 1.29 is 4.79 Å². The average molecular weight is 292 g/mol. The SMILES string of the molecule is CSc1ccc(NC(C)C(=O)N2CCCCCC2)cc1. The number of likely N-dealkylation sites (tertiary alicyclic amines) is 1. The highest BCUT2D eigenvalue weighted by Gasteiger charge is 2.21. The fourth-order valence-electron chi connectivity index (χ4n) is 2.56. The van der Waals surface area contributed by atoms with Crippen molar-refractivity contribution in [2.75, 3.05) is 24.7 Å². The number of nitrogens with one attached hydrogen (secondary N) is 1. The molecule has 2 rings (SSSR count). The first-order valence-corrected chi connectivity index (χ1v) is 8.62. The van der Waals surface area contributed by atoms with Crippen molar-refractivity contribution in [1.82, 2.24) is 4.90 Å². The Hall–Kier alpha value is -1.16. The quantitative estimate of drug-likeness (QED) is 0.860. The minimum atomic E-state index is -0.159. The van der Waals surface area contributed by atoms with E-state index in [-0.39, 0.29) is 11.9 Å². The van der Waals surface area contributed by atoms with Crippen LogP contribution >= 0.6 is 11.8 Å². The first-order valence-electron chi connectivity index (χ1n) is 7.40. The molecule has 0 bridgehead atoms. The Bertz CT molecular complexity index is 425. The van der Waals surface area contributed by atoms with Crippen molar-refractivity contribution in [3.63, 3.8) is 0 Å². The monoisotopic (exact) mass is 292 g/mol. The van der Waals surface area contributed by atoms with Gasteiger partial charge in [0.1, 0.15) is 6.04 Å². The number of carbonyl (C=O) groups is 1. The maximum atomic E-state index is 12.4. The first kappa shape index (κ1) is 15.2. The number of hydrogen-bond acceptors (Lipinski definition) is 3. The summed E-state index contributed by atoms with van der Waals surface area (Å²) in [4.78, 5) is 15.7. The topological polar surface area (TPSA) is 32.3 Å². The van der Waals surface area contributed by atoms with Gasteiger partial charge in [-0.05, 0) is 50.3 Å². The Morgan fingerprint density at radius 1 is 1.15 bits per heavy atom. The molecular weight excluding hydrogens is 268 g/mol. The molecule has 1 aliphatic rings. The van der Waals surface area contributed by atoms with Crippen molar-refractivity contribution in [2.45, 2.75) is 43.5 Å². The van der Waals surface area contributed by atoms with Crippen LogP contribution in [0.15, 0.2) is 29.2 Å². The van der Waals surface area contributed by atoms with Crippen LogP contribution in [0.3, 0.4) is 0 Å². The highest BCUT2D eigenvalue weighted by molar-refractivity contribution is 7.98. The lowest BCUT2D eigenvalue weighted by molar-refractivity contribution is -0.131. The normalized spacial score (nSPS) is 17.4. The summed E-state index contributed by atoms with van der Waals surface area (Å²) in [6, 6.07) is 8.08. The Morgan fingerprint density at radius 2 is 1.75 bits per heavy atom. The second kappa shape index (κ2) is 7.58. The van der Waals surface area contributed by atoms with Gasteiger partial charge in [-0.15, -0.1) is 11.8 Å². The van der Waals surface area contributed by atoms with Gasteiger partial charge in [0.15, 0.2) is 0 Å². The van der Waals surface area contributed by atoms with Crippen molar-refractivity contribution in [1.29, 1.82) is 0 Å². The molecule has 1 aromatic rings. The van der Waals surface area contributed by atoms with Gasteiger partial charge in [-0.3, -0.25) is 4.79 Å². The molecule has 1 heterocycles. The summed E-state index contributed by atoms with van der Waals surface area (Å²) in [6.07, 6.45) is 6.85. The molecule has 3 nitrogen and oxygen atoms in total. The molecule has 1 fully saturated rings. The van der Waals surface area contributed by atoms with E-state index in [1.165, 1.54) is 17.7 Å². The van der Waals surface area contributed by atoms with E-state index in [1.807, 2.05) is 24.0 Å². The van der Waals surface area contributed by atoms with Gasteiger partial charge in [0.2, 0.25) is 5.91 Å². The molecule has 1 atom stereocenters. The lowest BCUT2D eigenvalue weighted by atomic mass is 10.2. The number of anilines is 1. The molecule has 1 aromatic carbocycles. The Balaban J connectivity index is 1.92. The Morgan fingerprint density at radius 3 is 2.30 bits per heavy atom. The summed E-state index contributed by atoms with van der Waals surface area (Å²) in [6.45, 7) is 3.78. The zero-order valence-corrected chi connectivity index (χ0v) is 13.2. The van der Waals surface area contributed by atoms with E-state index in [0.29, 0.717) is 0 Å². The summed E-state index contributed by atoms with van der Waals surface area (Å²) in [5.74, 6) is 0.223. The van der Waals surface area contributed by atoms with Gasteiger partial charge in [0, 0.05) is 23.7 Å². The second-order valence-electron chi connectivity index (χ2n) is 5.33. The van der Waals surface area contributed by atoms with Gasteiger partial charge in [0.25, 0.3) is 0 Å². The lowest BCUT2D eigenvalue weighted by Crippen LogP contribution is -2.41. The maximum Gasteiger partial charge on any atom is 0.244 e. The molecule has 20 heavy (non-hydrogen) atoms. The van der Waals surface area contributed by atoms with Crippen LogP contribution in [0.1, 0.15) is 32.6 Å². The lowest BCUT2D eigenvalue weighted by Gasteiger charge is -2.25. The number of benzene rings is 1. The molecule has 0 radical (unpaired) electrons. The van der Waals surface area contributed by atoms with Crippen molar-refractivity contribution in [3.8, 4) is 0 Å². The largest absolute Gasteiger partial charge is 0.374 e. The van der Waals surface area contributed by atoms with Gasteiger partial charge in [-0.25, -0.2) is 0 Å². The molecular formula is C16H24N2OS. The standard InChI is InChI=1S/C16H24N2OS/c1-13(16(19)18-11-5-3-4-6-12-18)17-14-7-9-15(20-2)10-8-14/h7-10,13,17H,3-6,11-12H2,1-2H3. The minimum absolute atomic E-state index is 0.159. The number of thioether (sulfide) groups is 1. The van der Waals surface area contributed by atoms with Gasteiger partial charge in [0.05, 0.1) is 0 Å². The fraction of sp³-hybridized carbons (Fsp3) is 0.562. The minimum Gasteiger partial charge on any atom is -0.374 e. The van der Waals surface area contributed by atoms with Crippen molar-refractivity contribution in [2.24, 2.45) is 0 Å². The third-order valence-electron chi connectivity index (χ3n) is 3.76. The van der Waals surface area contributed by atoms with Crippen molar-refractivity contribution >= 4 is 23.4 Å². The molecule has 1 amide bonds. The molecule has 1 N–H and O–H groups in total. The van der Waals surface area contributed by atoms with Crippen LogP contribution in [-0.2, 0) is 4.79 Å². The van der Waals surface area contributed by atoms with Gasteiger partial charge in [-0.1, -0.05) is 12.8 Å². The highest BCUT2D eigenvalue weighted by atomic mass is 32.2. The fourth-order valence-corrected chi connectivity index (χ4v) is 2.97. The van der Waals surface area contributed by atoms with E-state index in [9.17, 15) is 4.79 Å². The summed E-state index contributed by atoms with van der Waals surface area (Å²) < 4.78 is 0. The molecule has 1 unspecified atom stereocenters. The van der Waals surface area contributed by atoms with Gasteiger partial charge >= 0.3 is 0 Å². The molecule has 110 valence electrons. The summed E-state index contributed by atoms with van der Waals surface area (Å²) in [5, 5.41) is 3.31. The Labute approximate surface area is 126 Å². The predicted octanol–water partition coefficient (Wildman–Crippen LogP) is 3.61. The summed E-state index contributed by atoms with van der Waals surface area (Å²) in [5.41, 5.74) is 1.01. The molecule has 0 spiro atoms. The predicted molar refractivity (Wildman–Crippen MR) is 86.4 cm³/mol.